The van der Waals surface area contributed by atoms with Crippen LogP contribution < -0.4 is 10.7 Å². The van der Waals surface area contributed by atoms with E-state index in [1.165, 1.54) is 31.6 Å². The van der Waals surface area contributed by atoms with Crippen molar-refractivity contribution in [3.05, 3.63) is 0 Å². The quantitative estimate of drug-likeness (QED) is 0.604. The lowest BCUT2D eigenvalue weighted by Gasteiger charge is -2.27. The third kappa shape index (κ3) is 1.61. The van der Waals surface area contributed by atoms with Crippen molar-refractivity contribution >= 4 is 5.71 Å². The Morgan fingerprint density at radius 1 is 1.33 bits per heavy atom. The SMILES string of the molecule is CC1=NNC(C2CCNCC2)C1. The van der Waals surface area contributed by atoms with Crippen LogP contribution in [0.4, 0.5) is 0 Å². The number of piperidine rings is 1. The number of nitrogens with one attached hydrogen (secondary N) is 2. The van der Waals surface area contributed by atoms with Crippen molar-refractivity contribution in [3.8, 4) is 0 Å². The largest absolute Gasteiger partial charge is 0.317 e. The fourth-order valence-electron chi connectivity index (χ4n) is 2.12. The Hall–Kier alpha value is -0.570. The number of hydrazone groups is 1. The third-order valence-electron chi connectivity index (χ3n) is 2.89. The summed E-state index contributed by atoms with van der Waals surface area (Å²) in [6.07, 6.45) is 3.77. The van der Waals surface area contributed by atoms with Gasteiger partial charge in [-0.25, -0.2) is 0 Å². The fraction of sp³-hybridized carbons (Fsp3) is 0.889. The Labute approximate surface area is 73.6 Å². The van der Waals surface area contributed by atoms with Gasteiger partial charge in [0.15, 0.2) is 0 Å². The van der Waals surface area contributed by atoms with Crippen LogP contribution in [0.2, 0.25) is 0 Å². The summed E-state index contributed by atoms with van der Waals surface area (Å²) in [7, 11) is 0. The van der Waals surface area contributed by atoms with Crippen LogP contribution in [0.25, 0.3) is 0 Å². The van der Waals surface area contributed by atoms with Crippen molar-refractivity contribution in [2.45, 2.75) is 32.2 Å². The standard InChI is InChI=1S/C9H17N3/c1-7-6-9(12-11-7)8-2-4-10-5-3-8/h8-10,12H,2-6H2,1H3. The number of hydrogen-bond donors (Lipinski definition) is 2. The number of rotatable bonds is 1. The molecule has 0 aliphatic carbocycles. The van der Waals surface area contributed by atoms with Gasteiger partial charge in [-0.1, -0.05) is 0 Å². The summed E-state index contributed by atoms with van der Waals surface area (Å²) in [6, 6.07) is 0.632. The van der Waals surface area contributed by atoms with Gasteiger partial charge in [0.05, 0.1) is 6.04 Å². The molecule has 1 atom stereocenters. The van der Waals surface area contributed by atoms with Gasteiger partial charge in [0.2, 0.25) is 0 Å². The lowest BCUT2D eigenvalue weighted by atomic mass is 9.88. The molecular weight excluding hydrogens is 150 g/mol. The van der Waals surface area contributed by atoms with Crippen LogP contribution in [-0.2, 0) is 0 Å². The second kappa shape index (κ2) is 3.44. The molecule has 0 aromatic carbocycles. The number of nitrogens with zero attached hydrogens (tertiary/aromatic N) is 1. The summed E-state index contributed by atoms with van der Waals surface area (Å²) in [5.41, 5.74) is 4.50. The zero-order chi connectivity index (χ0) is 8.39. The van der Waals surface area contributed by atoms with Crippen molar-refractivity contribution in [1.29, 1.82) is 0 Å². The average Bonchev–Trinajstić information content (AvgIpc) is 2.54. The minimum atomic E-state index is 0.632. The number of hydrogen-bond acceptors (Lipinski definition) is 3. The maximum absolute atomic E-state index is 4.24. The summed E-state index contributed by atoms with van der Waals surface area (Å²) in [6.45, 7) is 4.47. The highest BCUT2D eigenvalue weighted by molar-refractivity contribution is 5.83. The molecule has 2 aliphatic heterocycles. The van der Waals surface area contributed by atoms with E-state index in [-0.39, 0.29) is 0 Å². The van der Waals surface area contributed by atoms with E-state index < -0.39 is 0 Å². The van der Waals surface area contributed by atoms with Gasteiger partial charge in [-0.2, -0.15) is 5.10 Å². The van der Waals surface area contributed by atoms with Crippen molar-refractivity contribution < 1.29 is 0 Å². The Bertz CT molecular complexity index is 182. The van der Waals surface area contributed by atoms with E-state index in [4.69, 9.17) is 0 Å². The molecular formula is C9H17N3. The molecule has 12 heavy (non-hydrogen) atoms. The average molecular weight is 167 g/mol. The second-order valence-corrected chi connectivity index (χ2v) is 3.87. The Morgan fingerprint density at radius 3 is 2.67 bits per heavy atom. The predicted octanol–water partition coefficient (Wildman–Crippen LogP) is 0.724. The molecule has 0 saturated carbocycles. The van der Waals surface area contributed by atoms with Crippen LogP contribution >= 0.6 is 0 Å². The summed E-state index contributed by atoms with van der Waals surface area (Å²) in [5.74, 6) is 0.840. The molecule has 0 aromatic heterocycles. The van der Waals surface area contributed by atoms with Crippen LogP contribution in [-0.4, -0.2) is 24.8 Å². The zero-order valence-corrected chi connectivity index (χ0v) is 7.64. The van der Waals surface area contributed by atoms with E-state index in [1.54, 1.807) is 0 Å². The maximum atomic E-state index is 4.24. The summed E-state index contributed by atoms with van der Waals surface area (Å²) in [4.78, 5) is 0. The van der Waals surface area contributed by atoms with Gasteiger partial charge < -0.3 is 10.7 Å². The highest BCUT2D eigenvalue weighted by atomic mass is 15.3. The van der Waals surface area contributed by atoms with Crippen LogP contribution in [0.15, 0.2) is 5.10 Å². The van der Waals surface area contributed by atoms with Gasteiger partial charge >= 0.3 is 0 Å². The molecule has 1 fully saturated rings. The minimum absolute atomic E-state index is 0.632. The van der Waals surface area contributed by atoms with Gasteiger partial charge in [0.1, 0.15) is 0 Å². The van der Waals surface area contributed by atoms with Gasteiger partial charge in [-0.05, 0) is 38.8 Å². The molecule has 68 valence electrons. The molecule has 2 N–H and O–H groups in total. The van der Waals surface area contributed by atoms with E-state index in [1.807, 2.05) is 0 Å². The Morgan fingerprint density at radius 2 is 2.08 bits per heavy atom. The van der Waals surface area contributed by atoms with Gasteiger partial charge in [0.25, 0.3) is 0 Å². The Kier molecular flexibility index (Phi) is 2.30. The summed E-state index contributed by atoms with van der Waals surface area (Å²) in [5, 5.41) is 7.62. The minimum Gasteiger partial charge on any atom is -0.317 e. The fourth-order valence-corrected chi connectivity index (χ4v) is 2.12. The molecule has 1 unspecified atom stereocenters. The van der Waals surface area contributed by atoms with Gasteiger partial charge in [-0.3, -0.25) is 0 Å². The van der Waals surface area contributed by atoms with Crippen LogP contribution in [0.1, 0.15) is 26.2 Å². The van der Waals surface area contributed by atoms with Crippen molar-refractivity contribution in [3.63, 3.8) is 0 Å². The topological polar surface area (TPSA) is 36.4 Å². The van der Waals surface area contributed by atoms with Gasteiger partial charge in [0, 0.05) is 12.1 Å². The normalized spacial score (nSPS) is 31.4. The molecule has 0 spiro atoms. The van der Waals surface area contributed by atoms with Crippen LogP contribution in [0.5, 0.6) is 0 Å². The smallest absolute Gasteiger partial charge is 0.0521 e. The lowest BCUT2D eigenvalue weighted by molar-refractivity contribution is 0.297. The van der Waals surface area contributed by atoms with E-state index in [9.17, 15) is 0 Å². The molecule has 2 aliphatic rings. The van der Waals surface area contributed by atoms with E-state index in [2.05, 4.69) is 22.8 Å². The van der Waals surface area contributed by atoms with E-state index in [0.29, 0.717) is 6.04 Å². The summed E-state index contributed by atoms with van der Waals surface area (Å²) >= 11 is 0. The second-order valence-electron chi connectivity index (χ2n) is 3.87. The van der Waals surface area contributed by atoms with Crippen molar-refractivity contribution in [2.24, 2.45) is 11.0 Å². The first-order valence-corrected chi connectivity index (χ1v) is 4.85. The molecule has 3 heteroatoms. The van der Waals surface area contributed by atoms with E-state index in [0.717, 1.165) is 12.3 Å². The maximum Gasteiger partial charge on any atom is 0.0521 e. The first-order valence-electron chi connectivity index (χ1n) is 4.85. The molecule has 3 nitrogen and oxygen atoms in total. The molecule has 2 heterocycles. The lowest BCUT2D eigenvalue weighted by Crippen LogP contribution is -2.38. The predicted molar refractivity (Wildman–Crippen MR) is 50.2 cm³/mol. The highest BCUT2D eigenvalue weighted by Crippen LogP contribution is 2.21. The molecule has 1 saturated heterocycles. The van der Waals surface area contributed by atoms with Crippen molar-refractivity contribution in [2.75, 3.05) is 13.1 Å². The zero-order valence-electron chi connectivity index (χ0n) is 7.64. The van der Waals surface area contributed by atoms with Crippen molar-refractivity contribution in [1.82, 2.24) is 10.7 Å². The first-order chi connectivity index (χ1) is 5.86. The molecule has 0 bridgehead atoms. The molecule has 2 rings (SSSR count). The Balaban J connectivity index is 1.85. The third-order valence-corrected chi connectivity index (χ3v) is 2.89. The van der Waals surface area contributed by atoms with Gasteiger partial charge in [-0.15, -0.1) is 0 Å². The molecule has 0 amide bonds. The first kappa shape index (κ1) is 8.05. The van der Waals surface area contributed by atoms with Crippen LogP contribution in [0.3, 0.4) is 0 Å². The molecule has 0 aromatic rings. The highest BCUT2D eigenvalue weighted by Gasteiger charge is 2.26. The van der Waals surface area contributed by atoms with E-state index >= 15 is 0 Å². The molecule has 0 radical (unpaired) electrons. The summed E-state index contributed by atoms with van der Waals surface area (Å²) < 4.78 is 0. The monoisotopic (exact) mass is 167 g/mol. The van der Waals surface area contributed by atoms with Crippen LogP contribution in [0, 0.1) is 5.92 Å².